The van der Waals surface area contributed by atoms with E-state index in [1.807, 2.05) is 6.07 Å². The first-order valence-corrected chi connectivity index (χ1v) is 7.48. The highest BCUT2D eigenvalue weighted by Gasteiger charge is 2.40. The van der Waals surface area contributed by atoms with Crippen molar-refractivity contribution in [1.29, 1.82) is 0 Å². The van der Waals surface area contributed by atoms with Crippen molar-refractivity contribution in [1.82, 2.24) is 4.98 Å². The van der Waals surface area contributed by atoms with Crippen LogP contribution in [0, 0.1) is 0 Å². The number of aliphatic imine (C=N–C) groups is 1. The minimum Gasteiger partial charge on any atom is -0.509 e. The van der Waals surface area contributed by atoms with Crippen LogP contribution >= 0.6 is 0 Å². The lowest BCUT2D eigenvalue weighted by Gasteiger charge is -2.23. The van der Waals surface area contributed by atoms with Crippen LogP contribution in [0.4, 0.5) is 5.82 Å². The summed E-state index contributed by atoms with van der Waals surface area (Å²) in [4.78, 5) is 21.5. The van der Waals surface area contributed by atoms with Crippen LogP contribution in [-0.4, -0.2) is 38.5 Å². The average Bonchev–Trinajstić information content (AvgIpc) is 2.56. The monoisotopic (exact) mass is 296 g/mol. The molecule has 0 bridgehead atoms. The number of allylic oxidation sites excluding steroid dienone is 1. The van der Waals surface area contributed by atoms with Crippen molar-refractivity contribution in [2.45, 2.75) is 32.2 Å². The molecule has 0 fully saturated rings. The quantitative estimate of drug-likeness (QED) is 0.869. The Morgan fingerprint density at radius 2 is 2.23 bits per heavy atom. The van der Waals surface area contributed by atoms with E-state index in [1.54, 1.807) is 41.3 Å². The van der Waals surface area contributed by atoms with Gasteiger partial charge in [0.2, 0.25) is 0 Å². The zero-order valence-corrected chi connectivity index (χ0v) is 12.4. The lowest BCUT2D eigenvalue weighted by atomic mass is 9.95. The molecule has 1 N–H and O–H groups in total. The van der Waals surface area contributed by atoms with Crippen molar-refractivity contribution < 1.29 is 14.5 Å². The number of aliphatic hydroxyl groups is 1. The molecule has 1 atom stereocenters. The second kappa shape index (κ2) is 6.05. The van der Waals surface area contributed by atoms with Crippen LogP contribution in [0.25, 0.3) is 0 Å². The van der Waals surface area contributed by atoms with Crippen molar-refractivity contribution in [3.63, 3.8) is 0 Å². The molecule has 1 aromatic heterocycles. The summed E-state index contributed by atoms with van der Waals surface area (Å²) in [5.74, 6) is 0.412. The number of nitrogens with zero attached hydrogens (tertiary/aromatic N) is 3. The van der Waals surface area contributed by atoms with Gasteiger partial charge >= 0.3 is 11.7 Å². The van der Waals surface area contributed by atoms with Gasteiger partial charge in [0.1, 0.15) is 17.7 Å². The molecule has 0 aromatic carbocycles. The molecule has 5 heteroatoms. The van der Waals surface area contributed by atoms with Gasteiger partial charge in [0.25, 0.3) is 0 Å². The van der Waals surface area contributed by atoms with E-state index in [4.69, 9.17) is 0 Å². The number of dihydropyridines is 1. The van der Waals surface area contributed by atoms with E-state index in [9.17, 15) is 9.90 Å². The maximum atomic E-state index is 12.9. The van der Waals surface area contributed by atoms with Crippen LogP contribution in [0.2, 0.25) is 0 Å². The number of hydrogen-bond donors (Lipinski definition) is 1. The number of aliphatic hydroxyl groups excluding tert-OH is 1. The van der Waals surface area contributed by atoms with E-state index in [1.165, 1.54) is 0 Å². The minimum atomic E-state index is -0.517. The van der Waals surface area contributed by atoms with Crippen molar-refractivity contribution in [3.05, 3.63) is 47.9 Å². The largest absolute Gasteiger partial charge is 0.509 e. The highest BCUT2D eigenvalue weighted by molar-refractivity contribution is 6.10. The second-order valence-electron chi connectivity index (χ2n) is 5.28. The van der Waals surface area contributed by atoms with Gasteiger partial charge in [0, 0.05) is 12.3 Å². The Morgan fingerprint density at radius 1 is 1.36 bits per heavy atom. The molecule has 0 saturated carbocycles. The Balaban J connectivity index is 2.12. The van der Waals surface area contributed by atoms with Crippen LogP contribution in [0.5, 0.6) is 0 Å². The van der Waals surface area contributed by atoms with Crippen molar-refractivity contribution in [3.8, 4) is 0 Å². The molecule has 0 saturated heterocycles. The third-order valence-corrected chi connectivity index (χ3v) is 3.81. The first-order valence-electron chi connectivity index (χ1n) is 7.48. The zero-order valence-electron chi connectivity index (χ0n) is 12.4. The highest BCUT2D eigenvalue weighted by Crippen LogP contribution is 2.27. The Morgan fingerprint density at radius 3 is 2.95 bits per heavy atom. The first kappa shape index (κ1) is 14.4. The van der Waals surface area contributed by atoms with Gasteiger partial charge in [-0.1, -0.05) is 19.4 Å². The fourth-order valence-electron chi connectivity index (χ4n) is 2.69. The predicted octanol–water partition coefficient (Wildman–Crippen LogP) is 2.72. The Labute approximate surface area is 129 Å². The Kier molecular flexibility index (Phi) is 3.96. The topological polar surface area (TPSA) is 65.6 Å². The van der Waals surface area contributed by atoms with E-state index in [-0.39, 0.29) is 11.7 Å². The number of hydrogen-bond acceptors (Lipinski definition) is 4. The number of pyridine rings is 1. The molecule has 0 aliphatic carbocycles. The van der Waals surface area contributed by atoms with Gasteiger partial charge < -0.3 is 5.11 Å². The van der Waals surface area contributed by atoms with Gasteiger partial charge in [-0.05, 0) is 36.0 Å². The number of amides is 1. The smallest absolute Gasteiger partial charge is 0.345 e. The Hall–Kier alpha value is -2.56. The molecule has 112 valence electrons. The molecule has 0 unspecified atom stereocenters. The summed E-state index contributed by atoms with van der Waals surface area (Å²) < 4.78 is 1.56. The van der Waals surface area contributed by atoms with Crippen LogP contribution in [0.1, 0.15) is 26.2 Å². The summed E-state index contributed by atoms with van der Waals surface area (Å²) in [7, 11) is 0. The Bertz CT molecular complexity index is 715. The molecule has 2 aliphatic rings. The number of fused-ring (bicyclic) bond motifs is 1. The van der Waals surface area contributed by atoms with E-state index >= 15 is 0 Å². The third kappa shape index (κ3) is 2.39. The molecule has 3 heterocycles. The fraction of sp³-hybridized carbons (Fsp3) is 0.294. The van der Waals surface area contributed by atoms with Gasteiger partial charge in [-0.25, -0.2) is 4.79 Å². The molecule has 22 heavy (non-hydrogen) atoms. The first-order chi connectivity index (χ1) is 10.7. The maximum absolute atomic E-state index is 12.9. The summed E-state index contributed by atoms with van der Waals surface area (Å²) in [6.07, 6.45) is 9.22. The van der Waals surface area contributed by atoms with E-state index in [2.05, 4.69) is 16.9 Å². The van der Waals surface area contributed by atoms with E-state index in [0.717, 1.165) is 12.8 Å². The molecule has 0 radical (unpaired) electrons. The summed E-state index contributed by atoms with van der Waals surface area (Å²) in [6, 6.07) is 4.91. The standard InChI is InChI=1S/C17H17N3O2/c1-2-3-7-12-16(21)15-13(8-6-11-19-15)20(17(12)22)14-9-4-5-10-18-14/h4-6,8-11,15H,2-3,7H2,1H3/p+1/t15-/m0/s1. The van der Waals surface area contributed by atoms with Crippen LogP contribution < -0.4 is 0 Å². The number of aromatic nitrogens is 1. The van der Waals surface area contributed by atoms with Crippen LogP contribution in [0.15, 0.2) is 52.9 Å². The molecule has 3 rings (SSSR count). The molecular formula is C17H18N3O2+. The number of rotatable bonds is 4. The molecule has 2 aliphatic heterocycles. The fourth-order valence-corrected chi connectivity index (χ4v) is 2.69. The maximum Gasteiger partial charge on any atom is 0.345 e. The predicted molar refractivity (Wildman–Crippen MR) is 84.8 cm³/mol. The van der Waals surface area contributed by atoms with Gasteiger partial charge in [0.05, 0.1) is 5.57 Å². The van der Waals surface area contributed by atoms with E-state index < -0.39 is 6.04 Å². The summed E-state index contributed by atoms with van der Waals surface area (Å²) in [5.41, 5.74) is 1.08. The van der Waals surface area contributed by atoms with Gasteiger partial charge in [-0.15, -0.1) is 0 Å². The number of carbonyl (C=O) groups is 1. The molecular weight excluding hydrogens is 278 g/mol. The highest BCUT2D eigenvalue weighted by atomic mass is 16.3. The minimum absolute atomic E-state index is 0.0706. The summed E-state index contributed by atoms with van der Waals surface area (Å²) >= 11 is 0. The van der Waals surface area contributed by atoms with Gasteiger partial charge in [0.15, 0.2) is 6.04 Å². The van der Waals surface area contributed by atoms with E-state index in [0.29, 0.717) is 23.5 Å². The summed E-state index contributed by atoms with van der Waals surface area (Å²) in [6.45, 7) is 2.06. The van der Waals surface area contributed by atoms with Crippen LogP contribution in [-0.2, 0) is 4.79 Å². The SMILES string of the molecule is CCCCC1=C(O)[C@H]2N=CC=CC2=[N+](c2ccccn2)C1=O. The van der Waals surface area contributed by atoms with Gasteiger partial charge in [-0.3, -0.25) is 4.99 Å². The molecule has 0 spiro atoms. The molecule has 5 nitrogen and oxygen atoms in total. The zero-order chi connectivity index (χ0) is 15.5. The van der Waals surface area contributed by atoms with Crippen LogP contribution in [0.3, 0.4) is 0 Å². The van der Waals surface area contributed by atoms with Gasteiger partial charge in [-0.2, -0.15) is 4.58 Å². The second-order valence-corrected chi connectivity index (χ2v) is 5.28. The van der Waals surface area contributed by atoms with Crippen molar-refractivity contribution in [2.75, 3.05) is 0 Å². The van der Waals surface area contributed by atoms with Crippen molar-refractivity contribution in [2.24, 2.45) is 4.99 Å². The normalized spacial score (nSPS) is 20.6. The average molecular weight is 296 g/mol. The summed E-state index contributed by atoms with van der Waals surface area (Å²) in [5, 5.41) is 10.5. The molecule has 1 aromatic rings. The number of unbranched alkanes of at least 4 members (excludes halogenated alkanes) is 1. The number of carbonyl (C=O) groups excluding carboxylic acids is 1. The lowest BCUT2D eigenvalue weighted by Crippen LogP contribution is -2.40. The van der Waals surface area contributed by atoms with Crippen molar-refractivity contribution >= 4 is 23.7 Å². The third-order valence-electron chi connectivity index (χ3n) is 3.81. The lowest BCUT2D eigenvalue weighted by molar-refractivity contribution is -0.369. The molecule has 1 amide bonds.